The summed E-state index contributed by atoms with van der Waals surface area (Å²) in [5.74, 6) is 0.182. The van der Waals surface area contributed by atoms with Crippen LogP contribution in [-0.2, 0) is 4.79 Å². The first kappa shape index (κ1) is 17.8. The topological polar surface area (TPSA) is 47.0 Å². The first-order valence-corrected chi connectivity index (χ1v) is 8.41. The van der Waals surface area contributed by atoms with Gasteiger partial charge in [-0.2, -0.15) is 0 Å². The van der Waals surface area contributed by atoms with Gasteiger partial charge in [0.15, 0.2) is 0 Å². The third-order valence-corrected chi connectivity index (χ3v) is 4.33. The van der Waals surface area contributed by atoms with Gasteiger partial charge in [-0.1, -0.05) is 12.1 Å². The van der Waals surface area contributed by atoms with Gasteiger partial charge in [0.2, 0.25) is 5.91 Å². The number of aliphatic hydroxyl groups excluding tert-OH is 1. The van der Waals surface area contributed by atoms with Gasteiger partial charge in [-0.15, -0.1) is 0 Å². The molecule has 5 heteroatoms. The largest absolute Gasteiger partial charge is 0.393 e. The fourth-order valence-corrected chi connectivity index (χ4v) is 2.86. The highest BCUT2D eigenvalue weighted by Gasteiger charge is 2.22. The molecule has 1 aliphatic rings. The van der Waals surface area contributed by atoms with Crippen LogP contribution in [0.1, 0.15) is 18.9 Å². The first-order valence-electron chi connectivity index (χ1n) is 8.41. The maximum Gasteiger partial charge on any atom is 0.236 e. The lowest BCUT2D eigenvalue weighted by Gasteiger charge is -2.37. The molecular weight excluding hydrogens is 290 g/mol. The van der Waals surface area contributed by atoms with E-state index >= 15 is 0 Å². The molecule has 0 aromatic heterocycles. The molecule has 1 fully saturated rings. The molecule has 0 aliphatic carbocycles. The number of aryl methyl sites for hydroxylation is 1. The molecule has 1 atom stereocenters. The number of aliphatic hydroxyl groups is 1. The Kier molecular flexibility index (Phi) is 6.42. The third kappa shape index (κ3) is 5.52. The molecule has 1 heterocycles. The molecule has 1 unspecified atom stereocenters. The second kappa shape index (κ2) is 8.31. The quantitative estimate of drug-likeness (QED) is 0.860. The molecule has 2 rings (SSSR count). The smallest absolute Gasteiger partial charge is 0.236 e. The highest BCUT2D eigenvalue weighted by molar-refractivity contribution is 5.78. The second-order valence-corrected chi connectivity index (χ2v) is 6.58. The number of hydrogen-bond acceptors (Lipinski definition) is 4. The minimum Gasteiger partial charge on any atom is -0.393 e. The van der Waals surface area contributed by atoms with Crippen molar-refractivity contribution in [2.24, 2.45) is 0 Å². The van der Waals surface area contributed by atoms with Gasteiger partial charge in [-0.05, 0) is 45.0 Å². The lowest BCUT2D eigenvalue weighted by Crippen LogP contribution is -2.51. The van der Waals surface area contributed by atoms with Crippen LogP contribution in [0.5, 0.6) is 0 Å². The van der Waals surface area contributed by atoms with Crippen LogP contribution in [0.2, 0.25) is 0 Å². The summed E-state index contributed by atoms with van der Waals surface area (Å²) in [6.07, 6.45) is 0.385. The number of carbonyl (C=O) groups excluding carboxylic acids is 1. The minimum atomic E-state index is -0.314. The molecule has 1 amide bonds. The van der Waals surface area contributed by atoms with E-state index in [1.807, 2.05) is 16.8 Å². The molecule has 128 valence electrons. The van der Waals surface area contributed by atoms with Gasteiger partial charge < -0.3 is 14.9 Å². The average molecular weight is 319 g/mol. The summed E-state index contributed by atoms with van der Waals surface area (Å²) in [6.45, 7) is 8.36. The Balaban J connectivity index is 1.78. The van der Waals surface area contributed by atoms with Gasteiger partial charge in [0, 0.05) is 38.4 Å². The van der Waals surface area contributed by atoms with Crippen molar-refractivity contribution < 1.29 is 9.90 Å². The Bertz CT molecular complexity index is 511. The molecule has 1 aromatic carbocycles. The van der Waals surface area contributed by atoms with Crippen LogP contribution in [0.3, 0.4) is 0 Å². The summed E-state index contributed by atoms with van der Waals surface area (Å²) in [4.78, 5) is 18.6. The molecule has 5 nitrogen and oxygen atoms in total. The van der Waals surface area contributed by atoms with E-state index in [-0.39, 0.29) is 12.0 Å². The predicted molar refractivity (Wildman–Crippen MR) is 93.8 cm³/mol. The van der Waals surface area contributed by atoms with E-state index < -0.39 is 0 Å². The van der Waals surface area contributed by atoms with Crippen LogP contribution in [0.15, 0.2) is 24.3 Å². The molecular formula is C18H29N3O2. The van der Waals surface area contributed by atoms with E-state index in [1.54, 1.807) is 6.92 Å². The number of carbonyl (C=O) groups is 1. The fourth-order valence-electron chi connectivity index (χ4n) is 2.86. The summed E-state index contributed by atoms with van der Waals surface area (Å²) < 4.78 is 0. The summed E-state index contributed by atoms with van der Waals surface area (Å²) in [5, 5.41) is 9.31. The molecule has 0 spiro atoms. The zero-order valence-electron chi connectivity index (χ0n) is 14.5. The highest BCUT2D eigenvalue weighted by atomic mass is 16.3. The summed E-state index contributed by atoms with van der Waals surface area (Å²) in [6, 6.07) is 8.52. The zero-order valence-corrected chi connectivity index (χ0v) is 14.5. The van der Waals surface area contributed by atoms with E-state index in [4.69, 9.17) is 0 Å². The lowest BCUT2D eigenvalue weighted by atomic mass is 10.2. The molecule has 1 aliphatic heterocycles. The minimum absolute atomic E-state index is 0.182. The van der Waals surface area contributed by atoms with E-state index in [0.717, 1.165) is 32.7 Å². The summed E-state index contributed by atoms with van der Waals surface area (Å²) in [7, 11) is 1.93. The number of piperazine rings is 1. The molecule has 1 N–H and O–H groups in total. The van der Waals surface area contributed by atoms with Crippen molar-refractivity contribution in [3.8, 4) is 0 Å². The maximum absolute atomic E-state index is 12.4. The van der Waals surface area contributed by atoms with Crippen LogP contribution >= 0.6 is 0 Å². The van der Waals surface area contributed by atoms with Crippen LogP contribution < -0.4 is 4.90 Å². The van der Waals surface area contributed by atoms with Crippen LogP contribution in [0, 0.1) is 6.92 Å². The van der Waals surface area contributed by atoms with Crippen molar-refractivity contribution in [1.29, 1.82) is 0 Å². The normalized spacial score (nSPS) is 16.7. The molecule has 1 saturated heterocycles. The van der Waals surface area contributed by atoms with Gasteiger partial charge in [0.1, 0.15) is 0 Å². The molecule has 0 radical (unpaired) electrons. The van der Waals surface area contributed by atoms with Crippen LogP contribution in [0.25, 0.3) is 0 Å². The second-order valence-electron chi connectivity index (χ2n) is 6.58. The first-order chi connectivity index (χ1) is 11.0. The Labute approximate surface area is 139 Å². The number of nitrogens with zero attached hydrogens (tertiary/aromatic N) is 3. The fraction of sp³-hybridized carbons (Fsp3) is 0.611. The Hall–Kier alpha value is -1.59. The SMILES string of the molecule is Cc1cccc(N2CCN(C(=O)CN(C)CCC(C)O)CC2)c1. The van der Waals surface area contributed by atoms with Crippen molar-refractivity contribution in [1.82, 2.24) is 9.80 Å². The van der Waals surface area contributed by atoms with Gasteiger partial charge in [0.05, 0.1) is 12.6 Å². The monoisotopic (exact) mass is 319 g/mol. The van der Waals surface area contributed by atoms with Crippen molar-refractivity contribution >= 4 is 11.6 Å². The van der Waals surface area contributed by atoms with E-state index in [2.05, 4.69) is 36.1 Å². The standard InChI is InChI=1S/C18H29N3O2/c1-15-5-4-6-17(13-15)20-9-11-21(12-10-20)18(23)14-19(3)8-7-16(2)22/h4-6,13,16,22H,7-12,14H2,1-3H3. The van der Waals surface area contributed by atoms with Crippen molar-refractivity contribution in [3.63, 3.8) is 0 Å². The Morgan fingerprint density at radius 3 is 2.61 bits per heavy atom. The van der Waals surface area contributed by atoms with Crippen LogP contribution in [-0.4, -0.2) is 73.2 Å². The third-order valence-electron chi connectivity index (χ3n) is 4.33. The maximum atomic E-state index is 12.4. The van der Waals surface area contributed by atoms with Gasteiger partial charge in [0.25, 0.3) is 0 Å². The zero-order chi connectivity index (χ0) is 16.8. The van der Waals surface area contributed by atoms with Gasteiger partial charge in [-0.3, -0.25) is 9.69 Å². The van der Waals surface area contributed by atoms with Crippen LogP contribution in [0.4, 0.5) is 5.69 Å². The molecule has 1 aromatic rings. The molecule has 23 heavy (non-hydrogen) atoms. The van der Waals surface area contributed by atoms with E-state index in [0.29, 0.717) is 13.0 Å². The number of benzene rings is 1. The number of likely N-dealkylation sites (N-methyl/N-ethyl adjacent to an activating group) is 1. The number of rotatable bonds is 6. The Morgan fingerprint density at radius 1 is 1.30 bits per heavy atom. The van der Waals surface area contributed by atoms with Crippen molar-refractivity contribution in [3.05, 3.63) is 29.8 Å². The number of hydrogen-bond donors (Lipinski definition) is 1. The number of anilines is 1. The highest BCUT2D eigenvalue weighted by Crippen LogP contribution is 2.17. The van der Waals surface area contributed by atoms with Gasteiger partial charge >= 0.3 is 0 Å². The average Bonchev–Trinajstić information content (AvgIpc) is 2.53. The molecule has 0 bridgehead atoms. The predicted octanol–water partition coefficient (Wildman–Crippen LogP) is 1.35. The summed E-state index contributed by atoms with van der Waals surface area (Å²) >= 11 is 0. The number of amides is 1. The van der Waals surface area contributed by atoms with Crippen molar-refractivity contribution in [2.45, 2.75) is 26.4 Å². The summed E-state index contributed by atoms with van der Waals surface area (Å²) in [5.41, 5.74) is 2.51. The Morgan fingerprint density at radius 2 is 2.00 bits per heavy atom. The van der Waals surface area contributed by atoms with E-state index in [1.165, 1.54) is 11.3 Å². The lowest BCUT2D eigenvalue weighted by molar-refractivity contribution is -0.132. The molecule has 0 saturated carbocycles. The van der Waals surface area contributed by atoms with E-state index in [9.17, 15) is 9.90 Å². The van der Waals surface area contributed by atoms with Crippen molar-refractivity contribution in [2.75, 3.05) is 51.2 Å². The van der Waals surface area contributed by atoms with Gasteiger partial charge in [-0.25, -0.2) is 0 Å².